The zero-order chi connectivity index (χ0) is 30.6. The normalized spacial score (nSPS) is 26.8. The highest BCUT2D eigenvalue weighted by Gasteiger charge is 2.68. The summed E-state index contributed by atoms with van der Waals surface area (Å²) in [4.78, 5) is 26.6. The molecule has 9 nitrogen and oxygen atoms in total. The third-order valence-corrected chi connectivity index (χ3v) is 9.98. The first-order valence-electron chi connectivity index (χ1n) is 15.3. The van der Waals surface area contributed by atoms with E-state index in [4.69, 9.17) is 18.8 Å². The van der Waals surface area contributed by atoms with Crippen molar-refractivity contribution in [1.82, 2.24) is 15.0 Å². The van der Waals surface area contributed by atoms with E-state index in [1.165, 1.54) is 0 Å². The highest BCUT2D eigenvalue weighted by Crippen LogP contribution is 2.66. The Labute approximate surface area is 250 Å². The lowest BCUT2D eigenvalue weighted by Gasteiger charge is -2.64. The van der Waals surface area contributed by atoms with Gasteiger partial charge >= 0.3 is 13.1 Å². The second-order valence-electron chi connectivity index (χ2n) is 14.2. The number of esters is 1. The molecule has 4 fully saturated rings. The minimum atomic E-state index is -0.643. The van der Waals surface area contributed by atoms with Gasteiger partial charge in [-0.15, -0.1) is 5.10 Å². The van der Waals surface area contributed by atoms with E-state index in [-0.39, 0.29) is 36.1 Å². The van der Waals surface area contributed by atoms with Crippen molar-refractivity contribution in [3.05, 3.63) is 40.7 Å². The van der Waals surface area contributed by atoms with E-state index in [0.717, 1.165) is 36.2 Å². The molecule has 2 heterocycles. The molecule has 0 N–H and O–H groups in total. The van der Waals surface area contributed by atoms with Crippen molar-refractivity contribution < 1.29 is 28.4 Å². The molecule has 1 aromatic heterocycles. The second kappa shape index (κ2) is 11.1. The average molecular weight is 580 g/mol. The summed E-state index contributed by atoms with van der Waals surface area (Å²) in [6.45, 7) is 16.5. The van der Waals surface area contributed by atoms with Crippen molar-refractivity contribution >= 4 is 18.9 Å². The van der Waals surface area contributed by atoms with Gasteiger partial charge in [0.1, 0.15) is 23.5 Å². The van der Waals surface area contributed by atoms with E-state index in [9.17, 15) is 9.59 Å². The lowest BCUT2D eigenvalue weighted by molar-refractivity contribution is -0.199. The van der Waals surface area contributed by atoms with Gasteiger partial charge in [-0.05, 0) is 89.2 Å². The number of methoxy groups -OCH3 is 1. The Hall–Kier alpha value is -2.72. The first-order valence-corrected chi connectivity index (χ1v) is 15.3. The first-order chi connectivity index (χ1) is 19.7. The molecule has 3 aliphatic carbocycles. The summed E-state index contributed by atoms with van der Waals surface area (Å²) in [5.74, 6) is 0.763. The van der Waals surface area contributed by atoms with E-state index in [2.05, 4.69) is 31.1 Å². The van der Waals surface area contributed by atoms with Crippen LogP contribution in [-0.2, 0) is 38.2 Å². The van der Waals surface area contributed by atoms with Crippen LogP contribution in [0.25, 0.3) is 0 Å². The van der Waals surface area contributed by atoms with Crippen molar-refractivity contribution in [1.29, 1.82) is 0 Å². The molecule has 0 unspecified atom stereocenters. The Morgan fingerprint density at radius 3 is 2.57 bits per heavy atom. The Kier molecular flexibility index (Phi) is 8.11. The van der Waals surface area contributed by atoms with Crippen LogP contribution in [0, 0.1) is 24.2 Å². The average Bonchev–Trinajstić information content (AvgIpc) is 3.45. The summed E-state index contributed by atoms with van der Waals surface area (Å²) in [7, 11) is 0.996. The number of ether oxygens (including phenoxy) is 2. The number of aromatic nitrogens is 3. The van der Waals surface area contributed by atoms with Gasteiger partial charge in [0.15, 0.2) is 5.78 Å². The van der Waals surface area contributed by atoms with Gasteiger partial charge < -0.3 is 18.8 Å². The number of hydrogen-bond donors (Lipinski definition) is 0. The lowest BCUT2D eigenvalue weighted by atomic mass is 9.43. The SMILES string of the molecule is CCc1nnn(CC(=O)C[C@@H](Cc2cccc(C(=O)OC(C)(C)C)c2OC)B2O[C@@H]3C[C@@H]4C[C@@H](C4(C)C)[C@]3(C)O2)c1C. The van der Waals surface area contributed by atoms with Gasteiger partial charge in [0.05, 0.1) is 30.2 Å². The van der Waals surface area contributed by atoms with Crippen LogP contribution in [0.15, 0.2) is 18.2 Å². The molecule has 1 aliphatic heterocycles. The maximum Gasteiger partial charge on any atom is 0.461 e. The highest BCUT2D eigenvalue weighted by molar-refractivity contribution is 6.48. The second-order valence-corrected chi connectivity index (χ2v) is 14.2. The molecule has 0 amide bonds. The number of ketones is 1. The Morgan fingerprint density at radius 1 is 1.21 bits per heavy atom. The molecular weight excluding hydrogens is 533 g/mol. The number of benzene rings is 1. The molecule has 6 rings (SSSR count). The van der Waals surface area contributed by atoms with Crippen LogP contribution < -0.4 is 4.74 Å². The highest BCUT2D eigenvalue weighted by atomic mass is 16.7. The van der Waals surface area contributed by atoms with Crippen molar-refractivity contribution in [2.24, 2.45) is 17.3 Å². The Balaban J connectivity index is 1.43. The lowest BCUT2D eigenvalue weighted by Crippen LogP contribution is -2.65. The van der Waals surface area contributed by atoms with Crippen LogP contribution in [0.3, 0.4) is 0 Å². The Bertz CT molecular complexity index is 1350. The van der Waals surface area contributed by atoms with Gasteiger partial charge in [0.25, 0.3) is 0 Å². The summed E-state index contributed by atoms with van der Waals surface area (Å²) in [5, 5.41) is 8.44. The van der Waals surface area contributed by atoms with Gasteiger partial charge in [0, 0.05) is 12.2 Å². The van der Waals surface area contributed by atoms with E-state index >= 15 is 0 Å². The van der Waals surface area contributed by atoms with Crippen LogP contribution >= 0.6 is 0 Å². The van der Waals surface area contributed by atoms with Crippen LogP contribution in [0.4, 0.5) is 0 Å². The predicted octanol–water partition coefficient (Wildman–Crippen LogP) is 5.41. The number of nitrogens with zero attached hydrogens (tertiary/aromatic N) is 3. The van der Waals surface area contributed by atoms with Crippen LogP contribution in [0.1, 0.15) is 95.0 Å². The van der Waals surface area contributed by atoms with Gasteiger partial charge in [-0.2, -0.15) is 0 Å². The molecule has 1 saturated heterocycles. The third kappa shape index (κ3) is 5.52. The third-order valence-electron chi connectivity index (χ3n) is 9.98. The molecule has 0 radical (unpaired) electrons. The van der Waals surface area contributed by atoms with Crippen LogP contribution in [-0.4, -0.2) is 58.3 Å². The minimum Gasteiger partial charge on any atom is -0.496 e. The summed E-state index contributed by atoms with van der Waals surface area (Å²) < 4.78 is 26.6. The molecular formula is C32H46BN3O6. The first kappa shape index (κ1) is 30.7. The van der Waals surface area contributed by atoms with E-state index < -0.39 is 24.3 Å². The number of para-hydroxylation sites is 1. The summed E-state index contributed by atoms with van der Waals surface area (Å²) in [6, 6.07) is 5.47. The summed E-state index contributed by atoms with van der Waals surface area (Å²) in [5.41, 5.74) is 2.13. The monoisotopic (exact) mass is 579 g/mol. The zero-order valence-electron chi connectivity index (χ0n) is 26.7. The quantitative estimate of drug-likeness (QED) is 0.272. The van der Waals surface area contributed by atoms with E-state index in [0.29, 0.717) is 29.6 Å². The molecule has 2 aromatic rings. The van der Waals surface area contributed by atoms with Crippen molar-refractivity contribution in [3.63, 3.8) is 0 Å². The summed E-state index contributed by atoms with van der Waals surface area (Å²) in [6.07, 6.45) is 3.54. The molecule has 2 bridgehead atoms. The minimum absolute atomic E-state index is 0.00320. The fraction of sp³-hybridized carbons (Fsp3) is 0.688. The standard InChI is InChI=1S/C32H46BN3O6/c1-10-25-19(2)36(35-34-25)18-23(37)17-22(33-41-27-16-21-15-26(31(21,6)7)32(27,8)42-33)14-20-12-11-13-24(28(20)39-9)29(38)40-30(3,4)5/h11-13,21-22,26-27H,10,14-18H2,1-9H3/t21-,22+,26-,27+,32-/m0/s1. The molecule has 5 atom stereocenters. The number of carbonyl (C=O) groups is 2. The molecule has 42 heavy (non-hydrogen) atoms. The maximum atomic E-state index is 13.6. The maximum absolute atomic E-state index is 13.6. The number of hydrogen-bond acceptors (Lipinski definition) is 8. The number of rotatable bonds is 10. The van der Waals surface area contributed by atoms with Gasteiger partial charge in [-0.25, -0.2) is 9.48 Å². The fourth-order valence-electron chi connectivity index (χ4n) is 7.53. The van der Waals surface area contributed by atoms with Gasteiger partial charge in [-0.1, -0.05) is 38.1 Å². The molecule has 1 aromatic carbocycles. The Morgan fingerprint density at radius 2 is 1.95 bits per heavy atom. The molecule has 0 spiro atoms. The molecule has 228 valence electrons. The van der Waals surface area contributed by atoms with E-state index in [1.807, 2.05) is 46.8 Å². The van der Waals surface area contributed by atoms with Crippen molar-refractivity contribution in [2.75, 3.05) is 7.11 Å². The molecule has 10 heteroatoms. The zero-order valence-corrected chi connectivity index (χ0v) is 26.7. The summed E-state index contributed by atoms with van der Waals surface area (Å²) >= 11 is 0. The van der Waals surface area contributed by atoms with Gasteiger partial charge in [-0.3, -0.25) is 4.79 Å². The number of aryl methyl sites for hydroxylation is 1. The van der Waals surface area contributed by atoms with E-state index in [1.54, 1.807) is 17.9 Å². The van der Waals surface area contributed by atoms with Crippen molar-refractivity contribution in [3.8, 4) is 5.75 Å². The molecule has 4 aliphatic rings. The topological polar surface area (TPSA) is 102 Å². The number of carbonyl (C=O) groups excluding carboxylic acids is 2. The fourth-order valence-corrected chi connectivity index (χ4v) is 7.53. The van der Waals surface area contributed by atoms with Crippen LogP contribution in [0.5, 0.6) is 5.75 Å². The predicted molar refractivity (Wildman–Crippen MR) is 159 cm³/mol. The largest absolute Gasteiger partial charge is 0.496 e. The van der Waals surface area contributed by atoms with Crippen molar-refractivity contribution in [2.45, 2.75) is 117 Å². The molecule has 3 saturated carbocycles. The van der Waals surface area contributed by atoms with Crippen LogP contribution in [0.2, 0.25) is 5.82 Å². The van der Waals surface area contributed by atoms with Gasteiger partial charge in [0.2, 0.25) is 0 Å². The smallest absolute Gasteiger partial charge is 0.461 e. The number of Topliss-reactive ketones (excluding diaryl/α,β-unsaturated/α-hetero) is 1.